The van der Waals surface area contributed by atoms with Crippen LogP contribution in [0.5, 0.6) is 0 Å². The van der Waals surface area contributed by atoms with Gasteiger partial charge in [0.05, 0.1) is 0 Å². The predicted molar refractivity (Wildman–Crippen MR) is 74.4 cm³/mol. The van der Waals surface area contributed by atoms with Gasteiger partial charge in [-0.3, -0.25) is 4.40 Å². The molecule has 4 heteroatoms. The Balaban J connectivity index is 2.28. The molecule has 0 aliphatic carbocycles. The van der Waals surface area contributed by atoms with Crippen molar-refractivity contribution in [3.05, 3.63) is 54.0 Å². The van der Waals surface area contributed by atoms with Crippen molar-refractivity contribution >= 4 is 11.5 Å². The Morgan fingerprint density at radius 1 is 1.21 bits per heavy atom. The highest BCUT2D eigenvalue weighted by atomic mass is 19.1. The van der Waals surface area contributed by atoms with Gasteiger partial charge < -0.3 is 5.73 Å². The van der Waals surface area contributed by atoms with Gasteiger partial charge in [-0.2, -0.15) is 0 Å². The molecule has 0 saturated carbocycles. The lowest BCUT2D eigenvalue weighted by Gasteiger charge is -2.05. The number of fused-ring (bicyclic) bond motifs is 1. The van der Waals surface area contributed by atoms with Crippen LogP contribution in [0.25, 0.3) is 16.9 Å². The molecule has 0 saturated heterocycles. The third kappa shape index (κ3) is 1.85. The van der Waals surface area contributed by atoms with Crippen LogP contribution in [0, 0.1) is 5.82 Å². The third-order valence-corrected chi connectivity index (χ3v) is 3.27. The van der Waals surface area contributed by atoms with Gasteiger partial charge >= 0.3 is 0 Å². The van der Waals surface area contributed by atoms with Crippen LogP contribution in [-0.2, 0) is 6.42 Å². The number of benzene rings is 1. The average Bonchev–Trinajstić information content (AvgIpc) is 2.76. The molecular weight excluding hydrogens is 241 g/mol. The van der Waals surface area contributed by atoms with Gasteiger partial charge in [0.25, 0.3) is 0 Å². The molecule has 0 fully saturated rings. The molecule has 3 nitrogen and oxygen atoms in total. The fraction of sp³-hybridized carbons (Fsp3) is 0.133. The van der Waals surface area contributed by atoms with Gasteiger partial charge in [0.1, 0.15) is 23.0 Å². The highest BCUT2D eigenvalue weighted by Crippen LogP contribution is 2.29. The van der Waals surface area contributed by atoms with E-state index in [1.165, 1.54) is 17.8 Å². The molecule has 0 aliphatic rings. The Bertz CT molecular complexity index is 746. The van der Waals surface area contributed by atoms with E-state index >= 15 is 0 Å². The van der Waals surface area contributed by atoms with Gasteiger partial charge in [-0.15, -0.1) is 0 Å². The predicted octanol–water partition coefficient (Wildman–Crippen LogP) is 3.29. The van der Waals surface area contributed by atoms with Crippen LogP contribution in [0.4, 0.5) is 10.2 Å². The van der Waals surface area contributed by atoms with Crippen LogP contribution >= 0.6 is 0 Å². The van der Waals surface area contributed by atoms with E-state index in [-0.39, 0.29) is 5.82 Å². The number of hydrogen-bond donors (Lipinski definition) is 1. The molecule has 0 atom stereocenters. The minimum absolute atomic E-state index is 0.327. The fourth-order valence-electron chi connectivity index (χ4n) is 2.29. The Hall–Kier alpha value is -2.36. The van der Waals surface area contributed by atoms with Crippen molar-refractivity contribution in [2.24, 2.45) is 0 Å². The Labute approximate surface area is 110 Å². The minimum Gasteiger partial charge on any atom is -0.383 e. The number of nitrogens with zero attached hydrogens (tertiary/aromatic N) is 2. The van der Waals surface area contributed by atoms with Crippen LogP contribution in [0.3, 0.4) is 0 Å². The van der Waals surface area contributed by atoms with E-state index in [9.17, 15) is 4.39 Å². The van der Waals surface area contributed by atoms with Crippen LogP contribution in [0.2, 0.25) is 0 Å². The highest BCUT2D eigenvalue weighted by Gasteiger charge is 2.13. The molecule has 0 spiro atoms. The number of pyridine rings is 1. The number of rotatable bonds is 2. The van der Waals surface area contributed by atoms with E-state index in [1.54, 1.807) is 10.5 Å². The maximum absolute atomic E-state index is 13.3. The molecule has 0 bridgehead atoms. The first-order valence-electron chi connectivity index (χ1n) is 6.22. The van der Waals surface area contributed by atoms with Gasteiger partial charge in [-0.05, 0) is 24.1 Å². The third-order valence-electron chi connectivity index (χ3n) is 3.27. The summed E-state index contributed by atoms with van der Waals surface area (Å²) < 4.78 is 14.9. The molecule has 2 N–H and O–H groups in total. The second-order valence-electron chi connectivity index (χ2n) is 4.43. The van der Waals surface area contributed by atoms with Crippen LogP contribution < -0.4 is 5.73 Å². The van der Waals surface area contributed by atoms with Gasteiger partial charge in [0, 0.05) is 11.8 Å². The lowest BCUT2D eigenvalue weighted by molar-refractivity contribution is 0.619. The zero-order valence-electron chi connectivity index (χ0n) is 10.6. The topological polar surface area (TPSA) is 43.3 Å². The van der Waals surface area contributed by atoms with E-state index in [2.05, 4.69) is 18.0 Å². The number of nitrogens with two attached hydrogens (primary N) is 1. The summed E-state index contributed by atoms with van der Waals surface area (Å²) in [6, 6.07) is 11.0. The van der Waals surface area contributed by atoms with Crippen molar-refractivity contribution in [2.45, 2.75) is 13.3 Å². The molecule has 0 amide bonds. The Morgan fingerprint density at radius 2 is 2.00 bits per heavy atom. The summed E-state index contributed by atoms with van der Waals surface area (Å²) in [5.74, 6) is 0.141. The number of hydrogen-bond acceptors (Lipinski definition) is 2. The molecule has 0 radical (unpaired) electrons. The maximum atomic E-state index is 13.3. The summed E-state index contributed by atoms with van der Waals surface area (Å²) in [7, 11) is 0. The van der Waals surface area contributed by atoms with Crippen LogP contribution in [-0.4, -0.2) is 9.38 Å². The van der Waals surface area contributed by atoms with E-state index in [0.29, 0.717) is 17.2 Å². The molecule has 19 heavy (non-hydrogen) atoms. The summed E-state index contributed by atoms with van der Waals surface area (Å²) in [6.07, 6.45) is 2.26. The standard InChI is InChI=1S/C15H14FN3/c1-2-10-5-3-4-6-12(10)14-15(17)19-9-11(16)7-8-13(19)18-14/h3-9H,2,17H2,1H3. The maximum Gasteiger partial charge on any atom is 0.140 e. The van der Waals surface area contributed by atoms with E-state index < -0.39 is 0 Å². The molecule has 0 aliphatic heterocycles. The number of nitrogen functional groups attached to an aromatic ring is 1. The molecule has 96 valence electrons. The normalized spacial score (nSPS) is 11.1. The summed E-state index contributed by atoms with van der Waals surface area (Å²) in [5, 5.41) is 0. The SMILES string of the molecule is CCc1ccccc1-c1nc2ccc(F)cn2c1N. The second kappa shape index (κ2) is 4.39. The first-order valence-corrected chi connectivity index (χ1v) is 6.22. The molecular formula is C15H14FN3. The first kappa shape index (κ1) is 11.7. The van der Waals surface area contributed by atoms with Gasteiger partial charge in [0.2, 0.25) is 0 Å². The monoisotopic (exact) mass is 255 g/mol. The van der Waals surface area contributed by atoms with Crippen molar-refractivity contribution < 1.29 is 4.39 Å². The largest absolute Gasteiger partial charge is 0.383 e. The van der Waals surface area contributed by atoms with E-state index in [1.807, 2.05) is 18.2 Å². The summed E-state index contributed by atoms with van der Waals surface area (Å²) in [6.45, 7) is 2.09. The number of aryl methyl sites for hydroxylation is 1. The Kier molecular flexibility index (Phi) is 2.71. The molecule has 2 aromatic heterocycles. The number of anilines is 1. The van der Waals surface area contributed by atoms with Crippen LogP contribution in [0.1, 0.15) is 12.5 Å². The second-order valence-corrected chi connectivity index (χ2v) is 4.43. The van der Waals surface area contributed by atoms with Crippen molar-refractivity contribution in [1.82, 2.24) is 9.38 Å². The van der Waals surface area contributed by atoms with Crippen LogP contribution in [0.15, 0.2) is 42.6 Å². The van der Waals surface area contributed by atoms with Gasteiger partial charge in [-0.1, -0.05) is 31.2 Å². The lowest BCUT2D eigenvalue weighted by Crippen LogP contribution is -1.96. The van der Waals surface area contributed by atoms with E-state index in [0.717, 1.165) is 12.0 Å². The zero-order chi connectivity index (χ0) is 13.4. The Morgan fingerprint density at radius 3 is 2.79 bits per heavy atom. The number of imidazole rings is 1. The van der Waals surface area contributed by atoms with Crippen molar-refractivity contribution in [2.75, 3.05) is 5.73 Å². The van der Waals surface area contributed by atoms with E-state index in [4.69, 9.17) is 5.73 Å². The minimum atomic E-state index is -0.327. The quantitative estimate of drug-likeness (QED) is 0.763. The fourth-order valence-corrected chi connectivity index (χ4v) is 2.29. The average molecular weight is 255 g/mol. The summed E-state index contributed by atoms with van der Waals surface area (Å²) in [5.41, 5.74) is 9.65. The highest BCUT2D eigenvalue weighted by molar-refractivity contribution is 5.77. The molecule has 0 unspecified atom stereocenters. The van der Waals surface area contributed by atoms with Crippen molar-refractivity contribution in [3.8, 4) is 11.3 Å². The molecule has 3 rings (SSSR count). The smallest absolute Gasteiger partial charge is 0.140 e. The molecule has 3 aromatic rings. The summed E-state index contributed by atoms with van der Waals surface area (Å²) in [4.78, 5) is 4.50. The van der Waals surface area contributed by atoms with Crippen molar-refractivity contribution in [1.29, 1.82) is 0 Å². The van der Waals surface area contributed by atoms with Crippen molar-refractivity contribution in [3.63, 3.8) is 0 Å². The molecule has 1 aromatic carbocycles. The molecule has 2 heterocycles. The zero-order valence-corrected chi connectivity index (χ0v) is 10.6. The first-order chi connectivity index (χ1) is 9.20. The van der Waals surface area contributed by atoms with Gasteiger partial charge in [0.15, 0.2) is 0 Å². The van der Waals surface area contributed by atoms with Gasteiger partial charge in [-0.25, -0.2) is 9.37 Å². The summed E-state index contributed by atoms with van der Waals surface area (Å²) >= 11 is 0. The lowest BCUT2D eigenvalue weighted by atomic mass is 10.0. The number of halogens is 1. The number of aromatic nitrogens is 2.